The molecule has 23 heavy (non-hydrogen) atoms. The number of carboxylic acids is 1. The van der Waals surface area contributed by atoms with Crippen LogP contribution < -0.4 is 5.32 Å². The molecule has 1 aliphatic rings. The minimum Gasteiger partial charge on any atom is -0.481 e. The van der Waals surface area contributed by atoms with E-state index in [1.165, 1.54) is 16.2 Å². The highest BCUT2D eigenvalue weighted by Crippen LogP contribution is 2.40. The highest BCUT2D eigenvalue weighted by molar-refractivity contribution is 7.16. The summed E-state index contributed by atoms with van der Waals surface area (Å²) in [5.74, 6) is -0.690. The number of carbonyl (C=O) groups is 2. The zero-order valence-electron chi connectivity index (χ0n) is 13.5. The second-order valence-electron chi connectivity index (χ2n) is 6.29. The molecule has 1 heterocycles. The van der Waals surface area contributed by atoms with Crippen molar-refractivity contribution in [1.29, 1.82) is 5.26 Å². The van der Waals surface area contributed by atoms with Gasteiger partial charge in [-0.1, -0.05) is 20.3 Å². The molecule has 6 heteroatoms. The first-order valence-electron chi connectivity index (χ1n) is 8.00. The van der Waals surface area contributed by atoms with E-state index in [-0.39, 0.29) is 24.7 Å². The Morgan fingerprint density at radius 2 is 2.22 bits per heavy atom. The van der Waals surface area contributed by atoms with E-state index in [1.807, 2.05) is 0 Å². The van der Waals surface area contributed by atoms with Gasteiger partial charge in [0.2, 0.25) is 5.91 Å². The predicted molar refractivity (Wildman–Crippen MR) is 89.5 cm³/mol. The molecular formula is C17H22N2O3S. The van der Waals surface area contributed by atoms with E-state index < -0.39 is 5.97 Å². The molecule has 2 N–H and O–H groups in total. The Morgan fingerprint density at radius 1 is 1.48 bits per heavy atom. The third kappa shape index (κ3) is 4.32. The molecule has 0 saturated carbocycles. The van der Waals surface area contributed by atoms with E-state index >= 15 is 0 Å². The van der Waals surface area contributed by atoms with Crippen molar-refractivity contribution in [2.45, 2.75) is 52.4 Å². The van der Waals surface area contributed by atoms with Crippen molar-refractivity contribution in [2.24, 2.45) is 11.8 Å². The van der Waals surface area contributed by atoms with Crippen LogP contribution in [0.3, 0.4) is 0 Å². The smallest absolute Gasteiger partial charge is 0.303 e. The topological polar surface area (TPSA) is 90.2 Å². The lowest BCUT2D eigenvalue weighted by atomic mass is 9.86. The predicted octanol–water partition coefficient (Wildman–Crippen LogP) is 3.57. The van der Waals surface area contributed by atoms with Gasteiger partial charge in [0.1, 0.15) is 11.1 Å². The molecule has 1 aliphatic carbocycles. The fourth-order valence-corrected chi connectivity index (χ4v) is 4.40. The fraction of sp³-hybridized carbons (Fsp3) is 0.588. The van der Waals surface area contributed by atoms with Crippen molar-refractivity contribution in [1.82, 2.24) is 0 Å². The number of carboxylic acid groups (broad SMARTS) is 1. The second kappa shape index (κ2) is 7.60. The van der Waals surface area contributed by atoms with Crippen molar-refractivity contribution in [2.75, 3.05) is 5.32 Å². The lowest BCUT2D eigenvalue weighted by Crippen LogP contribution is -2.17. The van der Waals surface area contributed by atoms with Crippen molar-refractivity contribution in [3.8, 4) is 6.07 Å². The van der Waals surface area contributed by atoms with Crippen molar-refractivity contribution in [3.63, 3.8) is 0 Å². The van der Waals surface area contributed by atoms with Crippen molar-refractivity contribution < 1.29 is 14.7 Å². The highest BCUT2D eigenvalue weighted by Gasteiger charge is 2.26. The van der Waals surface area contributed by atoms with Crippen LogP contribution in [0.15, 0.2) is 0 Å². The SMILES string of the molecule is CC[C@H]1CCc2c(sc(NC(=O)C[C@@H](C)CC(=O)O)c2C#N)C1. The Labute approximate surface area is 140 Å². The van der Waals surface area contributed by atoms with Gasteiger partial charge in [-0.2, -0.15) is 5.26 Å². The zero-order chi connectivity index (χ0) is 17.0. The summed E-state index contributed by atoms with van der Waals surface area (Å²) in [5, 5.41) is 21.6. The van der Waals surface area contributed by atoms with Crippen LogP contribution in [-0.4, -0.2) is 17.0 Å². The molecule has 1 aromatic rings. The van der Waals surface area contributed by atoms with Gasteiger partial charge in [-0.25, -0.2) is 0 Å². The Morgan fingerprint density at radius 3 is 2.83 bits per heavy atom. The van der Waals surface area contributed by atoms with Gasteiger partial charge >= 0.3 is 5.97 Å². The number of rotatable bonds is 6. The summed E-state index contributed by atoms with van der Waals surface area (Å²) in [5.41, 5.74) is 1.69. The van der Waals surface area contributed by atoms with Gasteiger partial charge in [-0.15, -0.1) is 11.3 Å². The van der Waals surface area contributed by atoms with Crippen LogP contribution in [0.5, 0.6) is 0 Å². The number of carbonyl (C=O) groups excluding carboxylic acids is 1. The Hall–Kier alpha value is -1.87. The molecule has 0 fully saturated rings. The number of amides is 1. The minimum absolute atomic E-state index is 0.0301. The fourth-order valence-electron chi connectivity index (χ4n) is 3.07. The van der Waals surface area contributed by atoms with E-state index in [1.54, 1.807) is 6.92 Å². The van der Waals surface area contributed by atoms with Gasteiger partial charge in [0, 0.05) is 17.7 Å². The van der Waals surface area contributed by atoms with Crippen LogP contribution in [0.2, 0.25) is 0 Å². The number of thiophene rings is 1. The standard InChI is InChI=1S/C17H22N2O3S/c1-3-11-4-5-12-13(9-18)17(23-14(12)8-11)19-15(20)6-10(2)7-16(21)22/h10-11H,3-8H2,1-2H3,(H,19,20)(H,21,22)/t10-,11+/m1/s1. The molecule has 0 saturated heterocycles. The summed E-state index contributed by atoms with van der Waals surface area (Å²) in [6.45, 7) is 3.92. The van der Waals surface area contributed by atoms with Crippen LogP contribution in [0.25, 0.3) is 0 Å². The monoisotopic (exact) mass is 334 g/mol. The Bertz CT molecular complexity index is 645. The number of hydrogen-bond donors (Lipinski definition) is 2. The minimum atomic E-state index is -0.903. The third-order valence-electron chi connectivity index (χ3n) is 4.37. The maximum absolute atomic E-state index is 12.1. The van der Waals surface area contributed by atoms with E-state index in [4.69, 9.17) is 5.11 Å². The maximum Gasteiger partial charge on any atom is 0.303 e. The number of nitrogens with zero attached hydrogens (tertiary/aromatic N) is 1. The molecule has 0 radical (unpaired) electrons. The molecule has 0 aliphatic heterocycles. The molecule has 2 atom stereocenters. The molecular weight excluding hydrogens is 312 g/mol. The van der Waals surface area contributed by atoms with Crippen LogP contribution in [0, 0.1) is 23.2 Å². The summed E-state index contributed by atoms with van der Waals surface area (Å²) in [4.78, 5) is 24.0. The average molecular weight is 334 g/mol. The lowest BCUT2D eigenvalue weighted by Gasteiger charge is -2.20. The molecule has 2 rings (SSSR count). The van der Waals surface area contributed by atoms with E-state index in [0.717, 1.165) is 31.2 Å². The molecule has 0 unspecified atom stereocenters. The van der Waals surface area contributed by atoms with Gasteiger partial charge in [0.05, 0.1) is 5.56 Å². The van der Waals surface area contributed by atoms with Crippen LogP contribution in [0.1, 0.15) is 55.5 Å². The summed E-state index contributed by atoms with van der Waals surface area (Å²) in [7, 11) is 0. The van der Waals surface area contributed by atoms with Crippen LogP contribution >= 0.6 is 11.3 Å². The molecule has 124 valence electrons. The summed E-state index contributed by atoms with van der Waals surface area (Å²) in [6.07, 6.45) is 4.23. The molecule has 1 aromatic heterocycles. The quantitative estimate of drug-likeness (QED) is 0.832. The molecule has 0 bridgehead atoms. The number of aliphatic carboxylic acids is 1. The van der Waals surface area contributed by atoms with E-state index in [9.17, 15) is 14.9 Å². The third-order valence-corrected chi connectivity index (χ3v) is 5.54. The number of hydrogen-bond acceptors (Lipinski definition) is 4. The number of fused-ring (bicyclic) bond motifs is 1. The largest absolute Gasteiger partial charge is 0.481 e. The molecule has 5 nitrogen and oxygen atoms in total. The van der Waals surface area contributed by atoms with Gasteiger partial charge < -0.3 is 10.4 Å². The number of anilines is 1. The number of nitriles is 1. The normalized spacial score (nSPS) is 17.9. The first-order valence-corrected chi connectivity index (χ1v) is 8.82. The maximum atomic E-state index is 12.1. The Kier molecular flexibility index (Phi) is 5.78. The van der Waals surface area contributed by atoms with Crippen LogP contribution in [-0.2, 0) is 22.4 Å². The first kappa shape index (κ1) is 17.5. The summed E-state index contributed by atoms with van der Waals surface area (Å²) in [6, 6.07) is 2.23. The Balaban J connectivity index is 2.09. The van der Waals surface area contributed by atoms with E-state index in [0.29, 0.717) is 16.5 Å². The van der Waals surface area contributed by atoms with Gasteiger partial charge in [0.25, 0.3) is 0 Å². The van der Waals surface area contributed by atoms with Gasteiger partial charge in [-0.05, 0) is 36.7 Å². The molecule has 0 aromatic carbocycles. The van der Waals surface area contributed by atoms with Gasteiger partial charge in [-0.3, -0.25) is 9.59 Å². The number of nitrogens with one attached hydrogen (secondary N) is 1. The van der Waals surface area contributed by atoms with Crippen molar-refractivity contribution >= 4 is 28.2 Å². The summed E-state index contributed by atoms with van der Waals surface area (Å²) < 4.78 is 0. The second-order valence-corrected chi connectivity index (χ2v) is 7.40. The van der Waals surface area contributed by atoms with E-state index in [2.05, 4.69) is 18.3 Å². The lowest BCUT2D eigenvalue weighted by molar-refractivity contribution is -0.138. The molecule has 0 spiro atoms. The van der Waals surface area contributed by atoms with Gasteiger partial charge in [0.15, 0.2) is 0 Å². The zero-order valence-corrected chi connectivity index (χ0v) is 14.3. The van der Waals surface area contributed by atoms with Crippen molar-refractivity contribution in [3.05, 3.63) is 16.0 Å². The molecule has 1 amide bonds. The first-order chi connectivity index (χ1) is 10.9. The average Bonchev–Trinajstić information content (AvgIpc) is 2.81. The van der Waals surface area contributed by atoms with Crippen LogP contribution in [0.4, 0.5) is 5.00 Å². The summed E-state index contributed by atoms with van der Waals surface area (Å²) >= 11 is 1.50. The highest BCUT2D eigenvalue weighted by atomic mass is 32.1.